The number of amides is 1. The van der Waals surface area contributed by atoms with E-state index in [4.69, 9.17) is 16.3 Å². The van der Waals surface area contributed by atoms with Gasteiger partial charge in [-0.25, -0.2) is 0 Å². The number of thiol groups is 1. The van der Waals surface area contributed by atoms with Crippen LogP contribution in [-0.2, 0) is 4.79 Å². The van der Waals surface area contributed by atoms with Crippen LogP contribution in [0.2, 0.25) is 5.02 Å². The Morgan fingerprint density at radius 1 is 1.59 bits per heavy atom. The van der Waals surface area contributed by atoms with Crippen LogP contribution in [0.25, 0.3) is 0 Å². The lowest BCUT2D eigenvalue weighted by Crippen LogP contribution is -2.25. The number of anilines is 1. The molecule has 0 bridgehead atoms. The first-order valence-corrected chi connectivity index (χ1v) is 6.42. The van der Waals surface area contributed by atoms with Crippen molar-refractivity contribution in [1.29, 1.82) is 0 Å². The maximum atomic E-state index is 11.9. The molecular formula is C12H14ClNO2S. The average Bonchev–Trinajstić information content (AvgIpc) is 2.70. The summed E-state index contributed by atoms with van der Waals surface area (Å²) in [4.78, 5) is 13.6. The first-order chi connectivity index (χ1) is 8.17. The van der Waals surface area contributed by atoms with Gasteiger partial charge in [0.1, 0.15) is 11.4 Å². The third-order valence-corrected chi connectivity index (χ3v) is 3.72. The van der Waals surface area contributed by atoms with E-state index < -0.39 is 0 Å². The molecule has 1 atom stereocenters. The second kappa shape index (κ2) is 5.19. The molecule has 1 fully saturated rings. The van der Waals surface area contributed by atoms with E-state index in [0.717, 1.165) is 0 Å². The molecule has 0 spiro atoms. The van der Waals surface area contributed by atoms with Gasteiger partial charge in [-0.1, -0.05) is 17.7 Å². The monoisotopic (exact) mass is 271 g/mol. The van der Waals surface area contributed by atoms with E-state index in [1.54, 1.807) is 24.1 Å². The number of carbonyl (C=O) groups excluding carboxylic acids is 1. The summed E-state index contributed by atoms with van der Waals surface area (Å²) in [6.45, 7) is 0.655. The Hall–Kier alpha value is -0.870. The van der Waals surface area contributed by atoms with Crippen LogP contribution in [0.15, 0.2) is 18.2 Å². The Morgan fingerprint density at radius 3 is 2.94 bits per heavy atom. The van der Waals surface area contributed by atoms with Gasteiger partial charge in [0.2, 0.25) is 5.91 Å². The fourth-order valence-corrected chi connectivity index (χ4v) is 2.55. The number of carbonyl (C=O) groups is 1. The van der Waals surface area contributed by atoms with Gasteiger partial charge < -0.3 is 9.64 Å². The first-order valence-electron chi connectivity index (χ1n) is 5.41. The summed E-state index contributed by atoms with van der Waals surface area (Å²) in [7, 11) is 1.58. The summed E-state index contributed by atoms with van der Waals surface area (Å²) < 4.78 is 5.26. The molecule has 3 nitrogen and oxygen atoms in total. The summed E-state index contributed by atoms with van der Waals surface area (Å²) in [5.74, 6) is 1.70. The zero-order chi connectivity index (χ0) is 12.4. The number of methoxy groups -OCH3 is 1. The van der Waals surface area contributed by atoms with Crippen molar-refractivity contribution in [1.82, 2.24) is 0 Å². The molecule has 0 aliphatic carbocycles. The van der Waals surface area contributed by atoms with Gasteiger partial charge in [0.25, 0.3) is 0 Å². The highest BCUT2D eigenvalue weighted by Crippen LogP contribution is 2.38. The lowest BCUT2D eigenvalue weighted by atomic mass is 10.1. The van der Waals surface area contributed by atoms with Gasteiger partial charge in [0.15, 0.2) is 0 Å². The number of para-hydroxylation sites is 1. The van der Waals surface area contributed by atoms with Gasteiger partial charge in [-0.15, -0.1) is 0 Å². The molecule has 0 aromatic heterocycles. The lowest BCUT2D eigenvalue weighted by molar-refractivity contribution is -0.117. The van der Waals surface area contributed by atoms with Gasteiger partial charge in [0, 0.05) is 13.0 Å². The fourth-order valence-electron chi connectivity index (χ4n) is 2.04. The van der Waals surface area contributed by atoms with E-state index in [9.17, 15) is 4.79 Å². The summed E-state index contributed by atoms with van der Waals surface area (Å²) in [6, 6.07) is 5.38. The van der Waals surface area contributed by atoms with Crippen LogP contribution >= 0.6 is 24.2 Å². The van der Waals surface area contributed by atoms with E-state index in [-0.39, 0.29) is 11.8 Å². The van der Waals surface area contributed by atoms with Crippen LogP contribution < -0.4 is 9.64 Å². The van der Waals surface area contributed by atoms with Crippen LogP contribution in [0.1, 0.15) is 6.42 Å². The molecule has 1 aromatic rings. The van der Waals surface area contributed by atoms with Crippen molar-refractivity contribution in [3.63, 3.8) is 0 Å². The van der Waals surface area contributed by atoms with Crippen LogP contribution in [0.4, 0.5) is 5.69 Å². The number of hydrogen-bond acceptors (Lipinski definition) is 3. The Labute approximate surface area is 111 Å². The maximum Gasteiger partial charge on any atom is 0.227 e. The minimum absolute atomic E-state index is 0.0791. The highest BCUT2D eigenvalue weighted by Gasteiger charge is 2.32. The predicted molar refractivity (Wildman–Crippen MR) is 72.3 cm³/mol. The number of benzene rings is 1. The molecule has 1 unspecified atom stereocenters. The minimum Gasteiger partial charge on any atom is -0.495 e. The molecule has 1 aliphatic heterocycles. The average molecular weight is 272 g/mol. The molecule has 1 aliphatic rings. The van der Waals surface area contributed by atoms with Crippen molar-refractivity contribution in [2.45, 2.75) is 6.42 Å². The van der Waals surface area contributed by atoms with Crippen LogP contribution in [0.3, 0.4) is 0 Å². The smallest absolute Gasteiger partial charge is 0.227 e. The van der Waals surface area contributed by atoms with Gasteiger partial charge in [-0.2, -0.15) is 12.6 Å². The first kappa shape index (κ1) is 12.6. The van der Waals surface area contributed by atoms with E-state index in [2.05, 4.69) is 12.6 Å². The number of hydrogen-bond donors (Lipinski definition) is 1. The standard InChI is InChI=1S/C12H14ClNO2S/c1-16-10-4-2-3-9(13)12(10)14-6-8(7-17)5-11(14)15/h2-4,8,17H,5-7H2,1H3. The third kappa shape index (κ3) is 2.38. The van der Waals surface area contributed by atoms with E-state index in [1.807, 2.05) is 6.07 Å². The van der Waals surface area contributed by atoms with Crippen LogP contribution in [0.5, 0.6) is 5.75 Å². The summed E-state index contributed by atoms with van der Waals surface area (Å²) in [5, 5.41) is 0.539. The molecule has 1 heterocycles. The Balaban J connectivity index is 2.37. The van der Waals surface area contributed by atoms with Gasteiger partial charge in [0.05, 0.1) is 12.1 Å². The molecule has 1 aromatic carbocycles. The zero-order valence-electron chi connectivity index (χ0n) is 9.52. The van der Waals surface area contributed by atoms with Crippen molar-refractivity contribution in [2.24, 2.45) is 5.92 Å². The second-order valence-corrected chi connectivity index (χ2v) is 4.82. The second-order valence-electron chi connectivity index (χ2n) is 4.05. The fraction of sp³-hybridized carbons (Fsp3) is 0.417. The number of halogens is 1. The highest BCUT2D eigenvalue weighted by atomic mass is 35.5. The third-order valence-electron chi connectivity index (χ3n) is 2.90. The van der Waals surface area contributed by atoms with Crippen molar-refractivity contribution >= 4 is 35.8 Å². The molecular weight excluding hydrogens is 258 g/mol. The minimum atomic E-state index is 0.0791. The molecule has 0 saturated carbocycles. The van der Waals surface area contributed by atoms with Gasteiger partial charge >= 0.3 is 0 Å². The summed E-state index contributed by atoms with van der Waals surface area (Å²) in [6.07, 6.45) is 0.526. The van der Waals surface area contributed by atoms with Crippen molar-refractivity contribution < 1.29 is 9.53 Å². The molecule has 0 N–H and O–H groups in total. The van der Waals surface area contributed by atoms with E-state index in [1.165, 1.54) is 0 Å². The molecule has 0 radical (unpaired) electrons. The molecule has 1 saturated heterocycles. The molecule has 17 heavy (non-hydrogen) atoms. The van der Waals surface area contributed by atoms with Crippen LogP contribution in [0, 0.1) is 5.92 Å². The Morgan fingerprint density at radius 2 is 2.35 bits per heavy atom. The van der Waals surface area contributed by atoms with Gasteiger partial charge in [-0.05, 0) is 23.8 Å². The van der Waals surface area contributed by atoms with Crippen molar-refractivity contribution in [3.8, 4) is 5.75 Å². The molecule has 5 heteroatoms. The number of rotatable bonds is 3. The topological polar surface area (TPSA) is 29.5 Å². The number of nitrogens with zero attached hydrogens (tertiary/aromatic N) is 1. The SMILES string of the molecule is COc1cccc(Cl)c1N1CC(CS)CC1=O. The summed E-state index contributed by atoms with van der Waals surface area (Å²) >= 11 is 10.4. The molecule has 1 amide bonds. The Bertz CT molecular complexity index is 439. The zero-order valence-corrected chi connectivity index (χ0v) is 11.2. The van der Waals surface area contributed by atoms with Crippen molar-refractivity contribution in [2.75, 3.05) is 24.3 Å². The molecule has 2 rings (SSSR count). The van der Waals surface area contributed by atoms with E-state index >= 15 is 0 Å². The Kier molecular flexibility index (Phi) is 3.84. The maximum absolute atomic E-state index is 11.9. The van der Waals surface area contributed by atoms with Gasteiger partial charge in [-0.3, -0.25) is 4.79 Å². The van der Waals surface area contributed by atoms with Crippen LogP contribution in [-0.4, -0.2) is 25.3 Å². The van der Waals surface area contributed by atoms with E-state index in [0.29, 0.717) is 35.2 Å². The molecule has 92 valence electrons. The highest BCUT2D eigenvalue weighted by molar-refractivity contribution is 7.80. The normalized spacial score (nSPS) is 19.8. The quantitative estimate of drug-likeness (QED) is 0.857. The summed E-state index contributed by atoms with van der Waals surface area (Å²) in [5.41, 5.74) is 0.672. The number of ether oxygens (including phenoxy) is 1. The predicted octanol–water partition coefficient (Wildman–Crippen LogP) is 2.63. The lowest BCUT2D eigenvalue weighted by Gasteiger charge is -2.20. The van der Waals surface area contributed by atoms with Crippen molar-refractivity contribution in [3.05, 3.63) is 23.2 Å². The largest absolute Gasteiger partial charge is 0.495 e.